The Bertz CT molecular complexity index is 356. The first-order chi connectivity index (χ1) is 9.06. The van der Waals surface area contributed by atoms with E-state index in [2.05, 4.69) is 4.90 Å². The van der Waals surface area contributed by atoms with E-state index >= 15 is 0 Å². The lowest BCUT2D eigenvalue weighted by Crippen LogP contribution is -2.66. The smallest absolute Gasteiger partial charge is 0.310 e. The molecule has 2 saturated heterocycles. The number of carboxylic acid groups (broad SMARTS) is 1. The third-order valence-corrected chi connectivity index (χ3v) is 5.72. The van der Waals surface area contributed by atoms with Gasteiger partial charge in [-0.1, -0.05) is 12.8 Å². The normalized spacial score (nSPS) is 38.9. The van der Waals surface area contributed by atoms with Crippen molar-refractivity contribution in [3.63, 3.8) is 0 Å². The molecule has 3 fully saturated rings. The number of ether oxygens (including phenoxy) is 1. The molecule has 2 heterocycles. The highest BCUT2D eigenvalue weighted by atomic mass is 16.5. The maximum atomic E-state index is 11.7. The van der Waals surface area contributed by atoms with Crippen molar-refractivity contribution in [2.75, 3.05) is 26.3 Å². The Morgan fingerprint density at radius 3 is 2.53 bits per heavy atom. The quantitative estimate of drug-likeness (QED) is 0.832. The van der Waals surface area contributed by atoms with Crippen LogP contribution in [0.3, 0.4) is 0 Å². The number of likely N-dealkylation sites (tertiary alicyclic amines) is 1. The van der Waals surface area contributed by atoms with Crippen molar-refractivity contribution in [3.8, 4) is 0 Å². The molecule has 19 heavy (non-hydrogen) atoms. The first-order valence-electron chi connectivity index (χ1n) is 7.61. The summed E-state index contributed by atoms with van der Waals surface area (Å²) < 4.78 is 5.45. The molecule has 1 aliphatic carbocycles. The standard InChI is InChI=1S/C15H25NO3/c1-14(13(17)18)5-3-2-4-12(14)16-10-15(11-16)6-8-19-9-7-15/h12H,2-11H2,1H3,(H,17,18). The van der Waals surface area contributed by atoms with E-state index in [0.717, 1.165) is 58.4 Å². The van der Waals surface area contributed by atoms with Crippen molar-refractivity contribution in [2.45, 2.75) is 51.5 Å². The van der Waals surface area contributed by atoms with Gasteiger partial charge in [-0.3, -0.25) is 9.69 Å². The lowest BCUT2D eigenvalue weighted by atomic mass is 9.66. The van der Waals surface area contributed by atoms with Gasteiger partial charge in [0.05, 0.1) is 5.41 Å². The number of aliphatic carboxylic acids is 1. The largest absolute Gasteiger partial charge is 0.481 e. The number of nitrogens with zero attached hydrogens (tertiary/aromatic N) is 1. The van der Waals surface area contributed by atoms with Gasteiger partial charge in [-0.05, 0) is 32.6 Å². The molecular formula is C15H25NO3. The summed E-state index contributed by atoms with van der Waals surface area (Å²) in [5, 5.41) is 9.59. The van der Waals surface area contributed by atoms with E-state index in [0.29, 0.717) is 5.41 Å². The topological polar surface area (TPSA) is 49.8 Å². The lowest BCUT2D eigenvalue weighted by molar-refractivity contribution is -0.166. The van der Waals surface area contributed by atoms with Crippen LogP contribution in [0.25, 0.3) is 0 Å². The molecule has 4 heteroatoms. The highest BCUT2D eigenvalue weighted by Crippen LogP contribution is 2.47. The van der Waals surface area contributed by atoms with Crippen LogP contribution >= 0.6 is 0 Å². The zero-order valence-corrected chi connectivity index (χ0v) is 11.9. The van der Waals surface area contributed by atoms with Crippen molar-refractivity contribution in [1.29, 1.82) is 0 Å². The molecule has 0 aromatic rings. The molecule has 2 aliphatic heterocycles. The highest BCUT2D eigenvalue weighted by Gasteiger charge is 2.53. The van der Waals surface area contributed by atoms with Gasteiger partial charge in [0.25, 0.3) is 0 Å². The fourth-order valence-corrected chi connectivity index (χ4v) is 4.31. The van der Waals surface area contributed by atoms with Gasteiger partial charge in [0.1, 0.15) is 0 Å². The van der Waals surface area contributed by atoms with E-state index in [1.165, 1.54) is 6.42 Å². The van der Waals surface area contributed by atoms with Crippen molar-refractivity contribution in [1.82, 2.24) is 4.90 Å². The van der Waals surface area contributed by atoms with E-state index in [4.69, 9.17) is 4.74 Å². The van der Waals surface area contributed by atoms with E-state index in [1.807, 2.05) is 6.92 Å². The van der Waals surface area contributed by atoms with Crippen LogP contribution in [0.1, 0.15) is 45.4 Å². The molecule has 2 atom stereocenters. The average Bonchev–Trinajstić information content (AvgIpc) is 2.37. The number of rotatable bonds is 2. The number of hydrogen-bond acceptors (Lipinski definition) is 3. The number of carboxylic acids is 1. The first-order valence-corrected chi connectivity index (χ1v) is 7.61. The Balaban J connectivity index is 1.67. The first kappa shape index (κ1) is 13.4. The second-order valence-corrected chi connectivity index (χ2v) is 7.00. The molecule has 0 amide bonds. The van der Waals surface area contributed by atoms with Gasteiger partial charge < -0.3 is 9.84 Å². The number of carbonyl (C=O) groups is 1. The molecular weight excluding hydrogens is 242 g/mol. The van der Waals surface area contributed by atoms with Gasteiger partial charge in [0.15, 0.2) is 0 Å². The fourth-order valence-electron chi connectivity index (χ4n) is 4.31. The van der Waals surface area contributed by atoms with Crippen LogP contribution in [0.2, 0.25) is 0 Å². The van der Waals surface area contributed by atoms with Gasteiger partial charge >= 0.3 is 5.97 Å². The second kappa shape index (κ2) is 4.74. The predicted octanol–water partition coefficient (Wildman–Crippen LogP) is 2.13. The summed E-state index contributed by atoms with van der Waals surface area (Å²) in [7, 11) is 0. The third-order valence-electron chi connectivity index (χ3n) is 5.72. The minimum Gasteiger partial charge on any atom is -0.481 e. The molecule has 3 aliphatic rings. The van der Waals surface area contributed by atoms with Crippen molar-refractivity contribution >= 4 is 5.97 Å². The monoisotopic (exact) mass is 267 g/mol. The van der Waals surface area contributed by atoms with Crippen LogP contribution in [-0.4, -0.2) is 48.3 Å². The van der Waals surface area contributed by atoms with Crippen molar-refractivity contribution in [2.24, 2.45) is 10.8 Å². The minimum absolute atomic E-state index is 0.243. The summed E-state index contributed by atoms with van der Waals surface area (Å²) in [6.07, 6.45) is 6.43. The summed E-state index contributed by atoms with van der Waals surface area (Å²) in [4.78, 5) is 14.1. The Labute approximate surface area is 115 Å². The van der Waals surface area contributed by atoms with Gasteiger partial charge in [-0.25, -0.2) is 0 Å². The molecule has 4 nitrogen and oxygen atoms in total. The minimum atomic E-state index is -0.606. The lowest BCUT2D eigenvalue weighted by Gasteiger charge is -2.58. The summed E-state index contributed by atoms with van der Waals surface area (Å²) >= 11 is 0. The van der Waals surface area contributed by atoms with Crippen LogP contribution in [0, 0.1) is 10.8 Å². The summed E-state index contributed by atoms with van der Waals surface area (Å²) in [6, 6.07) is 0.243. The van der Waals surface area contributed by atoms with Crippen LogP contribution < -0.4 is 0 Å². The zero-order chi connectivity index (χ0) is 13.5. The average molecular weight is 267 g/mol. The Hall–Kier alpha value is -0.610. The molecule has 0 aromatic carbocycles. The number of hydrogen-bond donors (Lipinski definition) is 1. The third kappa shape index (κ3) is 2.19. The highest BCUT2D eigenvalue weighted by molar-refractivity contribution is 5.75. The molecule has 1 spiro atoms. The molecule has 1 N–H and O–H groups in total. The van der Waals surface area contributed by atoms with Gasteiger partial charge in [-0.15, -0.1) is 0 Å². The van der Waals surface area contributed by atoms with Crippen LogP contribution in [0.4, 0.5) is 0 Å². The molecule has 0 bridgehead atoms. The van der Waals surface area contributed by atoms with E-state index in [-0.39, 0.29) is 6.04 Å². The molecule has 108 valence electrons. The molecule has 1 saturated carbocycles. The maximum absolute atomic E-state index is 11.7. The van der Waals surface area contributed by atoms with Gasteiger partial charge in [-0.2, -0.15) is 0 Å². The van der Waals surface area contributed by atoms with Crippen molar-refractivity contribution < 1.29 is 14.6 Å². The summed E-state index contributed by atoms with van der Waals surface area (Å²) in [6.45, 7) is 5.89. The summed E-state index contributed by atoms with van der Waals surface area (Å²) in [5.74, 6) is -0.606. The second-order valence-electron chi connectivity index (χ2n) is 7.00. The van der Waals surface area contributed by atoms with Gasteiger partial charge in [0.2, 0.25) is 0 Å². The van der Waals surface area contributed by atoms with Crippen molar-refractivity contribution in [3.05, 3.63) is 0 Å². The fraction of sp³-hybridized carbons (Fsp3) is 0.933. The molecule has 2 unspecified atom stereocenters. The van der Waals surface area contributed by atoms with Crippen LogP contribution in [0.5, 0.6) is 0 Å². The van der Waals surface area contributed by atoms with E-state index in [1.54, 1.807) is 0 Å². The summed E-state index contributed by atoms with van der Waals surface area (Å²) in [5.41, 5.74) is -0.0971. The molecule has 0 aromatic heterocycles. The maximum Gasteiger partial charge on any atom is 0.310 e. The predicted molar refractivity (Wildman–Crippen MR) is 72.1 cm³/mol. The van der Waals surface area contributed by atoms with Crippen LogP contribution in [-0.2, 0) is 9.53 Å². The van der Waals surface area contributed by atoms with Gasteiger partial charge in [0, 0.05) is 37.8 Å². The van der Waals surface area contributed by atoms with Crippen LogP contribution in [0.15, 0.2) is 0 Å². The Kier molecular flexibility index (Phi) is 3.34. The molecule has 3 rings (SSSR count). The zero-order valence-electron chi connectivity index (χ0n) is 11.9. The van der Waals surface area contributed by atoms with E-state index in [9.17, 15) is 9.90 Å². The SMILES string of the molecule is CC1(C(=O)O)CCCCC1N1CC2(CCOCC2)C1. The molecule has 0 radical (unpaired) electrons. The Morgan fingerprint density at radius 1 is 1.21 bits per heavy atom. The Morgan fingerprint density at radius 2 is 1.89 bits per heavy atom. The van der Waals surface area contributed by atoms with E-state index < -0.39 is 11.4 Å².